The van der Waals surface area contributed by atoms with E-state index >= 15 is 0 Å². The topological polar surface area (TPSA) is 83.9 Å². The van der Waals surface area contributed by atoms with Crippen LogP contribution in [0.2, 0.25) is 0 Å². The van der Waals surface area contributed by atoms with Crippen molar-refractivity contribution >= 4 is 5.91 Å². The minimum atomic E-state index is -0.392. The minimum Gasteiger partial charge on any atom is -0.335 e. The van der Waals surface area contributed by atoms with Gasteiger partial charge in [-0.3, -0.25) is 14.3 Å². The standard InChI is InChI=1S/C22H25N5O2/c1-16-6-8-17(9-7-16)20-23-15-19(21(28)25-20)22(29)27-13-3-2-5-18(27)10-14-26-12-4-11-24-26/h4,6-9,11-12,15,18H,2-3,5,10,13-14H2,1H3,(H,23,25,28). The van der Waals surface area contributed by atoms with Crippen LogP contribution in [0.4, 0.5) is 0 Å². The van der Waals surface area contributed by atoms with Gasteiger partial charge in [-0.05, 0) is 38.7 Å². The molecule has 2 aromatic heterocycles. The molecule has 7 heteroatoms. The summed E-state index contributed by atoms with van der Waals surface area (Å²) in [4.78, 5) is 34.7. The Morgan fingerprint density at radius 1 is 1.24 bits per heavy atom. The van der Waals surface area contributed by atoms with E-state index in [1.54, 1.807) is 6.20 Å². The Labute approximate surface area is 169 Å². The molecule has 1 aliphatic rings. The number of hydrogen-bond acceptors (Lipinski definition) is 4. The molecular formula is C22H25N5O2. The van der Waals surface area contributed by atoms with Gasteiger partial charge in [-0.15, -0.1) is 0 Å². The Kier molecular flexibility index (Phi) is 5.55. The number of aromatic amines is 1. The van der Waals surface area contributed by atoms with Gasteiger partial charge in [-0.25, -0.2) is 4.98 Å². The van der Waals surface area contributed by atoms with Crippen molar-refractivity contribution in [2.45, 2.75) is 45.2 Å². The summed E-state index contributed by atoms with van der Waals surface area (Å²) >= 11 is 0. The van der Waals surface area contributed by atoms with Crippen molar-refractivity contribution in [3.63, 3.8) is 0 Å². The van der Waals surface area contributed by atoms with Crippen molar-refractivity contribution in [2.75, 3.05) is 6.54 Å². The van der Waals surface area contributed by atoms with Gasteiger partial charge in [0.15, 0.2) is 0 Å². The molecule has 0 radical (unpaired) electrons. The number of carbonyl (C=O) groups is 1. The van der Waals surface area contributed by atoms with Crippen LogP contribution >= 0.6 is 0 Å². The van der Waals surface area contributed by atoms with Crippen molar-refractivity contribution in [3.8, 4) is 11.4 Å². The number of benzene rings is 1. The quantitative estimate of drug-likeness (QED) is 0.725. The van der Waals surface area contributed by atoms with Gasteiger partial charge in [0.2, 0.25) is 0 Å². The van der Waals surface area contributed by atoms with Crippen molar-refractivity contribution in [1.29, 1.82) is 0 Å². The maximum atomic E-state index is 13.1. The average Bonchev–Trinajstić information content (AvgIpc) is 3.26. The van der Waals surface area contributed by atoms with Crippen LogP contribution in [0.5, 0.6) is 0 Å². The molecule has 29 heavy (non-hydrogen) atoms. The Hall–Kier alpha value is -3.22. The number of rotatable bonds is 5. The maximum absolute atomic E-state index is 13.1. The highest BCUT2D eigenvalue weighted by molar-refractivity contribution is 5.94. The first-order valence-corrected chi connectivity index (χ1v) is 10.1. The maximum Gasteiger partial charge on any atom is 0.264 e. The second-order valence-electron chi connectivity index (χ2n) is 7.55. The van der Waals surface area contributed by atoms with E-state index in [1.807, 2.05) is 53.0 Å². The summed E-state index contributed by atoms with van der Waals surface area (Å²) in [7, 11) is 0. The summed E-state index contributed by atoms with van der Waals surface area (Å²) in [6, 6.07) is 9.75. The number of aromatic nitrogens is 4. The third-order valence-electron chi connectivity index (χ3n) is 5.49. The molecule has 150 valence electrons. The van der Waals surface area contributed by atoms with E-state index < -0.39 is 5.56 Å². The lowest BCUT2D eigenvalue weighted by molar-refractivity contribution is 0.0591. The Morgan fingerprint density at radius 3 is 2.79 bits per heavy atom. The highest BCUT2D eigenvalue weighted by Crippen LogP contribution is 2.22. The predicted octanol–water partition coefficient (Wildman–Crippen LogP) is 3.03. The van der Waals surface area contributed by atoms with Gasteiger partial charge in [0.1, 0.15) is 11.4 Å². The molecule has 3 aromatic rings. The lowest BCUT2D eigenvalue weighted by atomic mass is 9.98. The number of carbonyl (C=O) groups excluding carboxylic acids is 1. The molecular weight excluding hydrogens is 366 g/mol. The first kappa shape index (κ1) is 19.1. The lowest BCUT2D eigenvalue weighted by Gasteiger charge is -2.35. The number of amides is 1. The molecule has 0 bridgehead atoms. The summed E-state index contributed by atoms with van der Waals surface area (Å²) in [5.41, 5.74) is 1.67. The summed E-state index contributed by atoms with van der Waals surface area (Å²) in [5, 5.41) is 4.23. The van der Waals surface area contributed by atoms with Crippen molar-refractivity contribution < 1.29 is 4.79 Å². The number of nitrogens with one attached hydrogen (secondary N) is 1. The number of likely N-dealkylation sites (tertiary alicyclic amines) is 1. The van der Waals surface area contributed by atoms with Gasteiger partial charge >= 0.3 is 0 Å². The predicted molar refractivity (Wildman–Crippen MR) is 111 cm³/mol. The molecule has 0 saturated carbocycles. The fourth-order valence-corrected chi connectivity index (χ4v) is 3.84. The number of piperidine rings is 1. The van der Waals surface area contributed by atoms with E-state index in [9.17, 15) is 9.59 Å². The average molecular weight is 391 g/mol. The van der Waals surface area contributed by atoms with E-state index in [4.69, 9.17) is 0 Å². The summed E-state index contributed by atoms with van der Waals surface area (Å²) in [6.45, 7) is 3.42. The van der Waals surface area contributed by atoms with E-state index in [0.717, 1.165) is 43.4 Å². The smallest absolute Gasteiger partial charge is 0.264 e. The van der Waals surface area contributed by atoms with Crippen LogP contribution in [0.15, 0.2) is 53.7 Å². The highest BCUT2D eigenvalue weighted by atomic mass is 16.2. The molecule has 1 amide bonds. The fourth-order valence-electron chi connectivity index (χ4n) is 3.84. The molecule has 0 spiro atoms. The van der Waals surface area contributed by atoms with Gasteiger partial charge in [-0.2, -0.15) is 5.10 Å². The van der Waals surface area contributed by atoms with Crippen LogP contribution in [0, 0.1) is 6.92 Å². The molecule has 7 nitrogen and oxygen atoms in total. The van der Waals surface area contributed by atoms with Gasteiger partial charge < -0.3 is 9.88 Å². The third kappa shape index (κ3) is 4.29. The van der Waals surface area contributed by atoms with Gasteiger partial charge in [-0.1, -0.05) is 29.8 Å². The Bertz CT molecular complexity index is 1020. The second-order valence-corrected chi connectivity index (χ2v) is 7.55. The number of H-pyrrole nitrogens is 1. The van der Waals surface area contributed by atoms with Crippen molar-refractivity contribution in [2.24, 2.45) is 0 Å². The van der Waals surface area contributed by atoms with Crippen LogP contribution in [0.25, 0.3) is 11.4 Å². The number of nitrogens with zero attached hydrogens (tertiary/aromatic N) is 4. The molecule has 1 aliphatic heterocycles. The van der Waals surface area contributed by atoms with Crippen LogP contribution in [-0.2, 0) is 6.54 Å². The minimum absolute atomic E-state index is 0.104. The van der Waals surface area contributed by atoms with E-state index in [0.29, 0.717) is 12.4 Å². The summed E-state index contributed by atoms with van der Waals surface area (Å²) in [6.07, 6.45) is 8.90. The van der Waals surface area contributed by atoms with Crippen LogP contribution in [0.1, 0.15) is 41.6 Å². The molecule has 0 aliphatic carbocycles. The molecule has 1 atom stereocenters. The van der Waals surface area contributed by atoms with Gasteiger partial charge in [0, 0.05) is 43.3 Å². The van der Waals surface area contributed by atoms with Crippen molar-refractivity contribution in [1.82, 2.24) is 24.6 Å². The summed E-state index contributed by atoms with van der Waals surface area (Å²) in [5.74, 6) is 0.236. The van der Waals surface area contributed by atoms with Gasteiger partial charge in [0.05, 0.1) is 0 Å². The monoisotopic (exact) mass is 391 g/mol. The first-order chi connectivity index (χ1) is 14.1. The fraction of sp³-hybridized carbons (Fsp3) is 0.364. The molecule has 3 heterocycles. The zero-order chi connectivity index (χ0) is 20.2. The zero-order valence-corrected chi connectivity index (χ0v) is 16.5. The van der Waals surface area contributed by atoms with Crippen LogP contribution < -0.4 is 5.56 Å². The lowest BCUT2D eigenvalue weighted by Crippen LogP contribution is -2.45. The molecule has 1 unspecified atom stereocenters. The first-order valence-electron chi connectivity index (χ1n) is 10.1. The SMILES string of the molecule is Cc1ccc(-c2ncc(C(=O)N3CCCCC3CCn3cccn3)c(=O)[nH]2)cc1. The van der Waals surface area contributed by atoms with Crippen molar-refractivity contribution in [3.05, 3.63) is 70.4 Å². The summed E-state index contributed by atoms with van der Waals surface area (Å²) < 4.78 is 1.88. The number of aryl methyl sites for hydroxylation is 2. The molecule has 4 rings (SSSR count). The molecule has 1 N–H and O–H groups in total. The van der Waals surface area contributed by atoms with E-state index in [-0.39, 0.29) is 17.5 Å². The Morgan fingerprint density at radius 2 is 2.07 bits per heavy atom. The molecule has 1 saturated heterocycles. The highest BCUT2D eigenvalue weighted by Gasteiger charge is 2.29. The third-order valence-corrected chi connectivity index (χ3v) is 5.49. The van der Waals surface area contributed by atoms with Crippen LogP contribution in [0.3, 0.4) is 0 Å². The molecule has 1 aromatic carbocycles. The van der Waals surface area contributed by atoms with Crippen LogP contribution in [-0.4, -0.2) is 43.1 Å². The normalized spacial score (nSPS) is 16.7. The van der Waals surface area contributed by atoms with Gasteiger partial charge in [0.25, 0.3) is 11.5 Å². The number of hydrogen-bond donors (Lipinski definition) is 1. The second kappa shape index (κ2) is 8.43. The zero-order valence-electron chi connectivity index (χ0n) is 16.5. The largest absolute Gasteiger partial charge is 0.335 e. The van der Waals surface area contributed by atoms with E-state index in [1.165, 1.54) is 6.20 Å². The van der Waals surface area contributed by atoms with E-state index in [2.05, 4.69) is 15.1 Å². The molecule has 1 fully saturated rings. The Balaban J connectivity index is 1.52.